The minimum atomic E-state index is -3.48. The third kappa shape index (κ3) is 1.87. The van der Waals surface area contributed by atoms with Gasteiger partial charge in [-0.1, -0.05) is 22.9 Å². The normalized spacial score (nSPS) is 23.8. The van der Waals surface area contributed by atoms with Crippen molar-refractivity contribution in [2.45, 2.75) is 6.92 Å². The Morgan fingerprint density at radius 2 is 1.88 bits per heavy atom. The molecule has 86 valence electrons. The van der Waals surface area contributed by atoms with Crippen LogP contribution in [0.2, 0.25) is 0 Å². The first-order valence-electron chi connectivity index (χ1n) is 4.74. The van der Waals surface area contributed by atoms with Gasteiger partial charge in [0, 0.05) is 4.47 Å². The number of benzene rings is 1. The van der Waals surface area contributed by atoms with Gasteiger partial charge in [-0.05, 0) is 24.3 Å². The van der Waals surface area contributed by atoms with Gasteiger partial charge in [0.15, 0.2) is 0 Å². The van der Waals surface area contributed by atoms with Gasteiger partial charge in [0.05, 0.1) is 17.4 Å². The first-order chi connectivity index (χ1) is 7.42. The molecular weight excluding hydrogens is 294 g/mol. The number of sulfonamides is 1. The van der Waals surface area contributed by atoms with Crippen molar-refractivity contribution in [3.63, 3.8) is 0 Å². The molecule has 4 nitrogen and oxygen atoms in total. The van der Waals surface area contributed by atoms with Crippen molar-refractivity contribution >= 4 is 37.5 Å². The van der Waals surface area contributed by atoms with Gasteiger partial charge in [-0.2, -0.15) is 0 Å². The smallest absolute Gasteiger partial charge is 0.244 e. The number of carbonyl (C=O) groups is 1. The molecule has 6 heteroatoms. The standard InChI is InChI=1S/C10H10BrNO3S/c1-7-6-16(14,15)12(10(7)13)9-4-2-8(11)3-5-9/h2-5,7H,6H2,1H3. The Morgan fingerprint density at radius 3 is 2.31 bits per heavy atom. The van der Waals surface area contributed by atoms with Gasteiger partial charge in [-0.25, -0.2) is 12.7 Å². The van der Waals surface area contributed by atoms with Crippen molar-refractivity contribution in [1.82, 2.24) is 0 Å². The van der Waals surface area contributed by atoms with Crippen LogP contribution in [-0.2, 0) is 14.8 Å². The monoisotopic (exact) mass is 303 g/mol. The van der Waals surface area contributed by atoms with Crippen molar-refractivity contribution in [2.24, 2.45) is 5.92 Å². The summed E-state index contributed by atoms with van der Waals surface area (Å²) in [5, 5.41) is 0. The van der Waals surface area contributed by atoms with Crippen LogP contribution in [0.3, 0.4) is 0 Å². The van der Waals surface area contributed by atoms with E-state index in [1.54, 1.807) is 31.2 Å². The van der Waals surface area contributed by atoms with Gasteiger partial charge < -0.3 is 0 Å². The molecule has 1 heterocycles. The number of anilines is 1. The highest BCUT2D eigenvalue weighted by molar-refractivity contribution is 9.10. The van der Waals surface area contributed by atoms with E-state index in [1.165, 1.54) is 0 Å². The molecule has 0 bridgehead atoms. The van der Waals surface area contributed by atoms with Crippen LogP contribution < -0.4 is 4.31 Å². The molecule has 0 aromatic heterocycles. The van der Waals surface area contributed by atoms with Crippen molar-refractivity contribution in [2.75, 3.05) is 10.1 Å². The number of rotatable bonds is 1. The third-order valence-electron chi connectivity index (χ3n) is 2.42. The molecule has 0 spiro atoms. The summed E-state index contributed by atoms with van der Waals surface area (Å²) in [6.45, 7) is 1.62. The zero-order valence-corrected chi connectivity index (χ0v) is 11.0. The molecule has 1 aromatic rings. The van der Waals surface area contributed by atoms with Crippen molar-refractivity contribution < 1.29 is 13.2 Å². The topological polar surface area (TPSA) is 54.5 Å². The van der Waals surface area contributed by atoms with Crippen LogP contribution in [0.1, 0.15) is 6.92 Å². The summed E-state index contributed by atoms with van der Waals surface area (Å²) in [7, 11) is -3.48. The predicted molar refractivity (Wildman–Crippen MR) is 64.6 cm³/mol. The Bertz CT molecular complexity index is 524. The van der Waals surface area contributed by atoms with Crippen LogP contribution in [0.15, 0.2) is 28.7 Å². The van der Waals surface area contributed by atoms with Gasteiger partial charge in [0.25, 0.3) is 0 Å². The lowest BCUT2D eigenvalue weighted by molar-refractivity contribution is -0.119. The molecule has 1 aliphatic heterocycles. The van der Waals surface area contributed by atoms with Crippen molar-refractivity contribution in [1.29, 1.82) is 0 Å². The lowest BCUT2D eigenvalue weighted by atomic mass is 10.2. The van der Waals surface area contributed by atoms with Crippen LogP contribution >= 0.6 is 15.9 Å². The average molecular weight is 304 g/mol. The van der Waals surface area contributed by atoms with E-state index in [0.717, 1.165) is 8.78 Å². The van der Waals surface area contributed by atoms with Gasteiger partial charge in [-0.15, -0.1) is 0 Å². The van der Waals surface area contributed by atoms with E-state index in [0.29, 0.717) is 5.69 Å². The highest BCUT2D eigenvalue weighted by Gasteiger charge is 2.41. The minimum Gasteiger partial charge on any atom is -0.273 e. The van der Waals surface area contributed by atoms with E-state index in [-0.39, 0.29) is 11.7 Å². The second-order valence-electron chi connectivity index (χ2n) is 3.76. The molecule has 0 aliphatic carbocycles. The molecule has 2 rings (SSSR count). The molecule has 1 saturated heterocycles. The predicted octanol–water partition coefficient (Wildman–Crippen LogP) is 1.76. The SMILES string of the molecule is CC1CS(=O)(=O)N(c2ccc(Br)cc2)C1=O. The largest absolute Gasteiger partial charge is 0.273 e. The summed E-state index contributed by atoms with van der Waals surface area (Å²) in [6.07, 6.45) is 0. The zero-order valence-electron chi connectivity index (χ0n) is 8.55. The molecular formula is C10H10BrNO3S. The Balaban J connectivity index is 2.48. The van der Waals surface area contributed by atoms with E-state index in [4.69, 9.17) is 0 Å². The summed E-state index contributed by atoms with van der Waals surface area (Å²) in [5.41, 5.74) is 0.401. The molecule has 1 atom stereocenters. The first kappa shape index (κ1) is 11.6. The van der Waals surface area contributed by atoms with Crippen LogP contribution in [0.5, 0.6) is 0 Å². The summed E-state index contributed by atoms with van der Waals surface area (Å²) in [6, 6.07) is 6.64. The molecule has 1 aliphatic rings. The van der Waals surface area contributed by atoms with Crippen LogP contribution in [0, 0.1) is 5.92 Å². The fraction of sp³-hybridized carbons (Fsp3) is 0.300. The Labute approximate surface area is 102 Å². The lowest BCUT2D eigenvalue weighted by Gasteiger charge is -2.14. The van der Waals surface area contributed by atoms with Crippen molar-refractivity contribution in [3.8, 4) is 0 Å². The highest BCUT2D eigenvalue weighted by Crippen LogP contribution is 2.28. The van der Waals surface area contributed by atoms with Gasteiger partial charge in [-0.3, -0.25) is 4.79 Å². The van der Waals surface area contributed by atoms with E-state index in [1.807, 2.05) is 0 Å². The summed E-state index contributed by atoms with van der Waals surface area (Å²) < 4.78 is 25.3. The molecule has 0 N–H and O–H groups in total. The maximum Gasteiger partial charge on any atom is 0.244 e. The Kier molecular flexibility index (Phi) is 2.79. The van der Waals surface area contributed by atoms with Gasteiger partial charge in [0.2, 0.25) is 15.9 Å². The van der Waals surface area contributed by atoms with Crippen LogP contribution in [0.25, 0.3) is 0 Å². The molecule has 16 heavy (non-hydrogen) atoms. The Morgan fingerprint density at radius 1 is 1.31 bits per heavy atom. The molecule has 0 saturated carbocycles. The van der Waals surface area contributed by atoms with E-state index in [9.17, 15) is 13.2 Å². The maximum absolute atomic E-state index is 11.8. The lowest BCUT2D eigenvalue weighted by Crippen LogP contribution is -2.30. The number of halogens is 1. The molecule has 1 unspecified atom stereocenters. The number of hydrogen-bond acceptors (Lipinski definition) is 3. The summed E-state index contributed by atoms with van der Waals surface area (Å²) >= 11 is 3.26. The van der Waals surface area contributed by atoms with E-state index in [2.05, 4.69) is 15.9 Å². The molecule has 1 amide bonds. The minimum absolute atomic E-state index is 0.109. The number of hydrogen-bond donors (Lipinski definition) is 0. The van der Waals surface area contributed by atoms with E-state index < -0.39 is 15.9 Å². The Hall–Kier alpha value is -0.880. The van der Waals surface area contributed by atoms with Crippen LogP contribution in [0.4, 0.5) is 5.69 Å². The second-order valence-corrected chi connectivity index (χ2v) is 6.54. The maximum atomic E-state index is 11.8. The third-order valence-corrected chi connectivity index (χ3v) is 4.82. The van der Waals surface area contributed by atoms with Crippen LogP contribution in [-0.4, -0.2) is 20.1 Å². The fourth-order valence-electron chi connectivity index (χ4n) is 1.66. The summed E-state index contributed by atoms with van der Waals surface area (Å²) in [5.74, 6) is -0.932. The molecule has 1 aromatic carbocycles. The fourth-order valence-corrected chi connectivity index (χ4v) is 3.75. The molecule has 1 fully saturated rings. The van der Waals surface area contributed by atoms with Gasteiger partial charge >= 0.3 is 0 Å². The van der Waals surface area contributed by atoms with Gasteiger partial charge in [0.1, 0.15) is 0 Å². The van der Waals surface area contributed by atoms with Crippen molar-refractivity contribution in [3.05, 3.63) is 28.7 Å². The highest BCUT2D eigenvalue weighted by atomic mass is 79.9. The first-order valence-corrected chi connectivity index (χ1v) is 7.14. The zero-order chi connectivity index (χ0) is 11.9. The number of amides is 1. The summed E-state index contributed by atoms with van der Waals surface area (Å²) in [4.78, 5) is 11.7. The average Bonchev–Trinajstić information content (AvgIpc) is 2.39. The second kappa shape index (κ2) is 3.85. The number of nitrogens with zero attached hydrogens (tertiary/aromatic N) is 1. The number of carbonyl (C=O) groups excluding carboxylic acids is 1. The van der Waals surface area contributed by atoms with E-state index >= 15 is 0 Å². The quantitative estimate of drug-likeness (QED) is 0.794. The molecule has 0 radical (unpaired) electrons.